The Morgan fingerprint density at radius 3 is 1.75 bits per heavy atom. The van der Waals surface area contributed by atoms with Crippen LogP contribution >= 0.6 is 0 Å². The fourth-order valence-electron chi connectivity index (χ4n) is 10.2. The number of aromatic nitrogens is 4. The van der Waals surface area contributed by atoms with E-state index in [1.165, 1.54) is 38.4 Å². The number of rotatable bonds is 9. The molecule has 0 spiro atoms. The monoisotopic (exact) mass is 1050 g/mol. The van der Waals surface area contributed by atoms with Crippen LogP contribution in [0.4, 0.5) is 11.5 Å². The first kappa shape index (κ1) is 40.1. The fraction of sp³-hybridized carbons (Fsp3) is 0. The maximum absolute atomic E-state index is 6.76. The normalized spacial score (nSPS) is 12.1. The summed E-state index contributed by atoms with van der Waals surface area (Å²) in [6.45, 7) is -0.140. The summed E-state index contributed by atoms with van der Waals surface area (Å²) in [5.74, 6) is 2.02. The number of ether oxygens (including phenoxy) is 1. The van der Waals surface area contributed by atoms with Gasteiger partial charge in [-0.2, -0.15) is 0 Å². The van der Waals surface area contributed by atoms with E-state index in [1.807, 2.05) is 18.2 Å². The van der Waals surface area contributed by atoms with E-state index in [4.69, 9.17) is 9.72 Å². The van der Waals surface area contributed by atoms with Gasteiger partial charge in [0.05, 0.1) is 0 Å². The van der Waals surface area contributed by atoms with Crippen molar-refractivity contribution in [3.05, 3.63) is 246 Å². The molecule has 6 nitrogen and oxygen atoms in total. The summed E-state index contributed by atoms with van der Waals surface area (Å²) in [5.41, 5.74) is 15.9. The fourth-order valence-corrected chi connectivity index (χ4v) is 11.3. The summed E-state index contributed by atoms with van der Waals surface area (Å²) in [6, 6.07) is 85.9. The minimum absolute atomic E-state index is 0.140. The second-order valence-corrected chi connectivity index (χ2v) is 18.1. The zero-order chi connectivity index (χ0) is 45.1. The average Bonchev–Trinajstić information content (AvgIpc) is 4.04. The summed E-state index contributed by atoms with van der Waals surface area (Å²) in [5, 5.41) is 2.48. The zero-order valence-electron chi connectivity index (χ0n) is 36.6. The second-order valence-electron chi connectivity index (χ2n) is 17.1. The molecule has 0 amide bonds. The van der Waals surface area contributed by atoms with Crippen molar-refractivity contribution in [3.63, 3.8) is 0 Å². The van der Waals surface area contributed by atoms with Crippen LogP contribution in [0.1, 0.15) is 0 Å². The number of nitrogens with zero attached hydrogens (tertiary/aromatic N) is 5. The summed E-state index contributed by atoms with van der Waals surface area (Å²) < 4.78 is 15.0. The number of hydrogen-bond donors (Lipinski definition) is 0. The molecule has 0 N–H and O–H groups in total. The Labute approximate surface area is 404 Å². The third-order valence-corrected chi connectivity index (χ3v) is 14.2. The number of pyridine rings is 1. The molecule has 68 heavy (non-hydrogen) atoms. The summed E-state index contributed by atoms with van der Waals surface area (Å²) in [7, 11) is 0. The second kappa shape index (κ2) is 16.6. The molecule has 0 unspecified atom stereocenters. The third-order valence-electron chi connectivity index (χ3n) is 13.2. The molecule has 3 aromatic heterocycles. The summed E-state index contributed by atoms with van der Waals surface area (Å²) in [4.78, 5) is 7.59. The molecule has 0 fully saturated rings. The van der Waals surface area contributed by atoms with Gasteiger partial charge in [0, 0.05) is 16.3 Å². The molecule has 9 aromatic carbocycles. The SMILES string of the molecule is [Pt]=[c]1n(-c2cccc(Oc3cccc(N4B(c5ccccc5)n5c6ccccc6c6cccc4c65)n3)c2)c2ccccc2n1-c1c(-c2ccccc2)cccc1-c1ccc(-c2ccccc2)cc1. The molecule has 324 valence electrons. The van der Waals surface area contributed by atoms with Crippen molar-refractivity contribution < 1.29 is 24.1 Å². The van der Waals surface area contributed by atoms with Crippen molar-refractivity contribution >= 4 is 56.8 Å². The first-order chi connectivity index (χ1) is 33.7. The number of hydrogen-bond acceptors (Lipinski definition) is 3. The minimum atomic E-state index is -0.140. The molecular weight excluding hydrogens is 1010 g/mol. The number of fused-ring (bicyclic) bond motifs is 4. The van der Waals surface area contributed by atoms with Crippen molar-refractivity contribution in [1.82, 2.24) is 18.6 Å². The molecule has 0 radical (unpaired) electrons. The van der Waals surface area contributed by atoms with Gasteiger partial charge in [-0.25, -0.2) is 0 Å². The van der Waals surface area contributed by atoms with E-state index in [1.54, 1.807) is 0 Å². The van der Waals surface area contributed by atoms with Gasteiger partial charge in [-0.05, 0) is 6.07 Å². The number of para-hydroxylation sites is 5. The molecule has 1 aliphatic heterocycles. The molecule has 0 atom stereocenters. The van der Waals surface area contributed by atoms with E-state index < -0.39 is 0 Å². The molecule has 8 heteroatoms. The molecular formula is C60H40BN5OPt. The van der Waals surface area contributed by atoms with Crippen LogP contribution in [-0.4, -0.2) is 25.6 Å². The molecule has 0 aliphatic carbocycles. The van der Waals surface area contributed by atoms with E-state index in [-0.39, 0.29) is 6.98 Å². The van der Waals surface area contributed by atoms with Crippen molar-refractivity contribution in [3.8, 4) is 56.4 Å². The zero-order valence-corrected chi connectivity index (χ0v) is 38.9. The summed E-state index contributed by atoms with van der Waals surface area (Å²) in [6.07, 6.45) is 0. The molecule has 13 rings (SSSR count). The van der Waals surface area contributed by atoms with Gasteiger partial charge in [-0.1, -0.05) is 60.7 Å². The quantitative estimate of drug-likeness (QED) is 0.135. The molecule has 0 saturated carbocycles. The van der Waals surface area contributed by atoms with E-state index >= 15 is 0 Å². The van der Waals surface area contributed by atoms with E-state index in [0.717, 1.165) is 60.0 Å². The van der Waals surface area contributed by atoms with Crippen molar-refractivity contribution in [2.24, 2.45) is 0 Å². The Kier molecular flexibility index (Phi) is 9.76. The maximum atomic E-state index is 6.76. The van der Waals surface area contributed by atoms with Gasteiger partial charge in [0.2, 0.25) is 0 Å². The van der Waals surface area contributed by atoms with Crippen LogP contribution in [0.25, 0.3) is 77.6 Å². The van der Waals surface area contributed by atoms with Gasteiger partial charge >= 0.3 is 324 Å². The van der Waals surface area contributed by atoms with Gasteiger partial charge in [-0.15, -0.1) is 0 Å². The molecule has 4 heterocycles. The van der Waals surface area contributed by atoms with Crippen molar-refractivity contribution in [2.75, 3.05) is 4.81 Å². The molecule has 12 aromatic rings. The van der Waals surface area contributed by atoms with E-state index in [0.29, 0.717) is 11.6 Å². The Morgan fingerprint density at radius 1 is 0.441 bits per heavy atom. The van der Waals surface area contributed by atoms with Crippen LogP contribution in [-0.2, 0) is 19.4 Å². The van der Waals surface area contributed by atoms with Crippen molar-refractivity contribution in [2.45, 2.75) is 0 Å². The third kappa shape index (κ3) is 6.61. The number of benzene rings is 9. The predicted molar refractivity (Wildman–Crippen MR) is 275 cm³/mol. The topological polar surface area (TPSA) is 40.1 Å². The predicted octanol–water partition coefficient (Wildman–Crippen LogP) is 14.2. The van der Waals surface area contributed by atoms with Gasteiger partial charge in [-0.3, -0.25) is 0 Å². The Hall–Kier alpha value is -8.25. The Balaban J connectivity index is 0.906. The van der Waals surface area contributed by atoms with Crippen molar-refractivity contribution in [1.29, 1.82) is 0 Å². The van der Waals surface area contributed by atoms with Crippen LogP contribution in [0.2, 0.25) is 0 Å². The van der Waals surface area contributed by atoms with E-state index in [2.05, 4.69) is 262 Å². The average molecular weight is 1050 g/mol. The van der Waals surface area contributed by atoms with Crippen LogP contribution in [0.3, 0.4) is 0 Å². The van der Waals surface area contributed by atoms with Gasteiger partial charge < -0.3 is 0 Å². The van der Waals surface area contributed by atoms with Gasteiger partial charge in [0.25, 0.3) is 0 Å². The van der Waals surface area contributed by atoms with Crippen LogP contribution in [0.5, 0.6) is 11.6 Å². The number of anilines is 2. The standard InChI is InChI=1S/C60H40BN5O.Pt/c1-4-18-42(19-5-1)43-36-38-45(39-37-43)50-28-15-27-49(44-20-6-2-7-21-44)59(50)64-41-63(54-31-12-13-32-55(54)64)47-24-14-25-48(40-47)67-58-35-17-34-57(62-58)65-56-33-16-29-52-51-26-10-11-30-53(51)66(60(52)56)61(65)46-22-8-3-9-23-46;/h1-40H;. The molecule has 0 bridgehead atoms. The van der Waals surface area contributed by atoms with Crippen LogP contribution in [0, 0.1) is 3.80 Å². The van der Waals surface area contributed by atoms with Crippen LogP contribution < -0.4 is 15.0 Å². The Bertz CT molecular complexity index is 3920. The van der Waals surface area contributed by atoms with Gasteiger partial charge in [0.1, 0.15) is 0 Å². The molecule has 0 saturated heterocycles. The Morgan fingerprint density at radius 2 is 1.00 bits per heavy atom. The first-order valence-corrected chi connectivity index (χ1v) is 24.0. The number of imidazole rings is 1. The summed E-state index contributed by atoms with van der Waals surface area (Å²) >= 11 is 2.50. The first-order valence-electron chi connectivity index (χ1n) is 22.8. The molecule has 1 aliphatic rings. The van der Waals surface area contributed by atoms with E-state index in [9.17, 15) is 0 Å². The van der Waals surface area contributed by atoms with Crippen LogP contribution in [0.15, 0.2) is 243 Å². The van der Waals surface area contributed by atoms with Gasteiger partial charge in [0.15, 0.2) is 0 Å².